The second-order valence-corrected chi connectivity index (χ2v) is 4.03. The van der Waals surface area contributed by atoms with E-state index in [2.05, 4.69) is 10.3 Å². The van der Waals surface area contributed by atoms with Crippen molar-refractivity contribution >= 4 is 16.6 Å². The summed E-state index contributed by atoms with van der Waals surface area (Å²) >= 11 is 0. The van der Waals surface area contributed by atoms with Crippen LogP contribution in [0.15, 0.2) is 35.1 Å². The third kappa shape index (κ3) is 2.47. The van der Waals surface area contributed by atoms with Crippen LogP contribution in [0.1, 0.15) is 13.3 Å². The molecule has 2 aromatic rings. The van der Waals surface area contributed by atoms with Crippen molar-refractivity contribution in [1.82, 2.24) is 4.98 Å². The number of benzene rings is 1. The molecule has 1 aromatic heterocycles. The summed E-state index contributed by atoms with van der Waals surface area (Å²) in [4.78, 5) is 14.6. The van der Waals surface area contributed by atoms with Crippen molar-refractivity contribution in [2.45, 2.75) is 19.4 Å². The predicted octanol–water partition coefficient (Wildman–Crippen LogP) is 1.71. The fourth-order valence-electron chi connectivity index (χ4n) is 1.79. The van der Waals surface area contributed by atoms with Crippen LogP contribution in [0, 0.1) is 0 Å². The van der Waals surface area contributed by atoms with E-state index in [0.29, 0.717) is 11.2 Å². The Balaban J connectivity index is 2.40. The van der Waals surface area contributed by atoms with Gasteiger partial charge in [-0.2, -0.15) is 0 Å². The number of H-pyrrole nitrogens is 1. The molecule has 0 bridgehead atoms. The Kier molecular flexibility index (Phi) is 3.44. The molecule has 1 heterocycles. The summed E-state index contributed by atoms with van der Waals surface area (Å²) in [5, 5.41) is 13.8. The van der Waals surface area contributed by atoms with Crippen molar-refractivity contribution in [1.29, 1.82) is 0 Å². The number of rotatable bonds is 4. The lowest BCUT2D eigenvalue weighted by atomic mass is 10.1. The normalized spacial score (nSPS) is 12.6. The summed E-state index contributed by atoms with van der Waals surface area (Å²) in [6.07, 6.45) is 0.797. The van der Waals surface area contributed by atoms with Crippen LogP contribution in [-0.4, -0.2) is 22.7 Å². The van der Waals surface area contributed by atoms with E-state index in [1.165, 1.54) is 0 Å². The average Bonchev–Trinajstić information content (AvgIpc) is 2.36. The van der Waals surface area contributed by atoms with Gasteiger partial charge in [0.05, 0.1) is 12.6 Å². The number of pyridine rings is 1. The van der Waals surface area contributed by atoms with Crippen LogP contribution in [-0.2, 0) is 0 Å². The minimum absolute atomic E-state index is 0.0354. The molecule has 90 valence electrons. The van der Waals surface area contributed by atoms with Gasteiger partial charge in [0, 0.05) is 5.39 Å². The summed E-state index contributed by atoms with van der Waals surface area (Å²) in [5.41, 5.74) is -0.113. The van der Waals surface area contributed by atoms with Crippen molar-refractivity contribution in [3.05, 3.63) is 40.7 Å². The van der Waals surface area contributed by atoms with Crippen molar-refractivity contribution < 1.29 is 5.11 Å². The molecule has 0 saturated carbocycles. The maximum atomic E-state index is 11.8. The number of hydrogen-bond donors (Lipinski definition) is 3. The minimum atomic E-state index is -0.113. The molecule has 0 aliphatic heterocycles. The molecule has 4 heteroatoms. The van der Waals surface area contributed by atoms with E-state index in [4.69, 9.17) is 5.11 Å². The first-order chi connectivity index (χ1) is 8.24. The Labute approximate surface area is 99.3 Å². The van der Waals surface area contributed by atoms with E-state index in [9.17, 15) is 4.79 Å². The highest BCUT2D eigenvalue weighted by atomic mass is 16.3. The van der Waals surface area contributed by atoms with Crippen LogP contribution in [0.25, 0.3) is 10.8 Å². The highest BCUT2D eigenvalue weighted by Crippen LogP contribution is 2.13. The van der Waals surface area contributed by atoms with Gasteiger partial charge < -0.3 is 15.4 Å². The first-order valence-electron chi connectivity index (χ1n) is 5.74. The van der Waals surface area contributed by atoms with Gasteiger partial charge in [-0.15, -0.1) is 0 Å². The van der Waals surface area contributed by atoms with Crippen LogP contribution < -0.4 is 10.9 Å². The van der Waals surface area contributed by atoms with Gasteiger partial charge in [-0.05, 0) is 23.9 Å². The minimum Gasteiger partial charge on any atom is -0.394 e. The van der Waals surface area contributed by atoms with Gasteiger partial charge >= 0.3 is 0 Å². The molecule has 0 aliphatic rings. The number of aromatic amines is 1. The highest BCUT2D eigenvalue weighted by Gasteiger charge is 2.06. The molecule has 1 aromatic carbocycles. The topological polar surface area (TPSA) is 65.1 Å². The zero-order valence-electron chi connectivity index (χ0n) is 9.73. The van der Waals surface area contributed by atoms with E-state index in [1.807, 2.05) is 31.2 Å². The second-order valence-electron chi connectivity index (χ2n) is 4.03. The molecule has 0 aliphatic carbocycles. The third-order valence-electron chi connectivity index (χ3n) is 2.83. The zero-order valence-corrected chi connectivity index (χ0v) is 9.73. The quantitative estimate of drug-likeness (QED) is 0.752. The zero-order chi connectivity index (χ0) is 12.3. The van der Waals surface area contributed by atoms with Gasteiger partial charge in [-0.1, -0.05) is 25.1 Å². The summed E-state index contributed by atoms with van der Waals surface area (Å²) in [6.45, 7) is 2.03. The Morgan fingerprint density at radius 3 is 2.88 bits per heavy atom. The highest BCUT2D eigenvalue weighted by molar-refractivity contribution is 5.83. The molecule has 2 rings (SSSR count). The molecule has 0 spiro atoms. The van der Waals surface area contributed by atoms with Crippen LogP contribution in [0.2, 0.25) is 0 Å². The Morgan fingerprint density at radius 2 is 2.18 bits per heavy atom. The molecular weight excluding hydrogens is 216 g/mol. The molecule has 3 N–H and O–H groups in total. The molecule has 4 nitrogen and oxygen atoms in total. The van der Waals surface area contributed by atoms with E-state index in [-0.39, 0.29) is 18.2 Å². The SMILES string of the molecule is CCC(CO)Nc1cc2ccccc2c(=O)[nH]1. The van der Waals surface area contributed by atoms with Crippen LogP contribution in [0.3, 0.4) is 0 Å². The fourth-order valence-corrected chi connectivity index (χ4v) is 1.79. The first-order valence-corrected chi connectivity index (χ1v) is 5.74. The lowest BCUT2D eigenvalue weighted by molar-refractivity contribution is 0.271. The van der Waals surface area contributed by atoms with Gasteiger partial charge in [0.15, 0.2) is 0 Å². The average molecular weight is 232 g/mol. The number of aliphatic hydroxyl groups excluding tert-OH is 1. The lowest BCUT2D eigenvalue weighted by Crippen LogP contribution is -2.24. The van der Waals surface area contributed by atoms with Crippen molar-refractivity contribution in [2.24, 2.45) is 0 Å². The van der Waals surface area contributed by atoms with E-state index in [1.54, 1.807) is 6.07 Å². The molecule has 0 radical (unpaired) electrons. The number of nitrogens with one attached hydrogen (secondary N) is 2. The third-order valence-corrected chi connectivity index (χ3v) is 2.83. The van der Waals surface area contributed by atoms with Gasteiger partial charge in [0.1, 0.15) is 5.82 Å². The summed E-state index contributed by atoms with van der Waals surface area (Å²) in [7, 11) is 0. The smallest absolute Gasteiger partial charge is 0.257 e. The summed E-state index contributed by atoms with van der Waals surface area (Å²) in [6, 6.07) is 9.28. The maximum absolute atomic E-state index is 11.8. The second kappa shape index (κ2) is 5.01. The summed E-state index contributed by atoms with van der Waals surface area (Å²) < 4.78 is 0. The Morgan fingerprint density at radius 1 is 1.41 bits per heavy atom. The molecule has 0 fully saturated rings. The Bertz CT molecular complexity index is 559. The molecule has 17 heavy (non-hydrogen) atoms. The van der Waals surface area contributed by atoms with Gasteiger partial charge in [-0.3, -0.25) is 4.79 Å². The number of aromatic nitrogens is 1. The molecule has 1 unspecified atom stereocenters. The van der Waals surface area contributed by atoms with Gasteiger partial charge in [0.2, 0.25) is 0 Å². The lowest BCUT2D eigenvalue weighted by Gasteiger charge is -2.15. The summed E-state index contributed by atoms with van der Waals surface area (Å²) in [5.74, 6) is 0.648. The maximum Gasteiger partial charge on any atom is 0.257 e. The molecule has 0 amide bonds. The van der Waals surface area contributed by atoms with E-state index >= 15 is 0 Å². The first kappa shape index (κ1) is 11.7. The van der Waals surface area contributed by atoms with Gasteiger partial charge in [0.25, 0.3) is 5.56 Å². The van der Waals surface area contributed by atoms with E-state index in [0.717, 1.165) is 11.8 Å². The number of aliphatic hydroxyl groups is 1. The van der Waals surface area contributed by atoms with Crippen LogP contribution in [0.4, 0.5) is 5.82 Å². The van der Waals surface area contributed by atoms with Crippen LogP contribution in [0.5, 0.6) is 0 Å². The fraction of sp³-hybridized carbons (Fsp3) is 0.308. The number of fused-ring (bicyclic) bond motifs is 1. The Hall–Kier alpha value is -1.81. The largest absolute Gasteiger partial charge is 0.394 e. The van der Waals surface area contributed by atoms with Crippen molar-refractivity contribution in [2.75, 3.05) is 11.9 Å². The van der Waals surface area contributed by atoms with Crippen molar-refractivity contribution in [3.63, 3.8) is 0 Å². The van der Waals surface area contributed by atoms with Gasteiger partial charge in [-0.25, -0.2) is 0 Å². The number of anilines is 1. The van der Waals surface area contributed by atoms with Crippen LogP contribution >= 0.6 is 0 Å². The van der Waals surface area contributed by atoms with Crippen molar-refractivity contribution in [3.8, 4) is 0 Å². The predicted molar refractivity (Wildman–Crippen MR) is 69.4 cm³/mol. The molecule has 1 atom stereocenters. The van der Waals surface area contributed by atoms with E-state index < -0.39 is 0 Å². The number of hydrogen-bond acceptors (Lipinski definition) is 3. The standard InChI is InChI=1S/C13H16N2O2/c1-2-10(8-16)14-12-7-9-5-3-4-6-11(9)13(17)15-12/h3-7,10,16H,2,8H2,1H3,(H2,14,15,17). The molecule has 0 saturated heterocycles. The monoisotopic (exact) mass is 232 g/mol. The molecular formula is C13H16N2O2.